The number of carbonyl (C=O) groups is 3. The Bertz CT molecular complexity index is 1210. The highest BCUT2D eigenvalue weighted by Crippen LogP contribution is 2.28. The monoisotopic (exact) mass is 565 g/mol. The van der Waals surface area contributed by atoms with Gasteiger partial charge in [-0.3, -0.25) is 14.4 Å². The Hall–Kier alpha value is -3.43. The van der Waals surface area contributed by atoms with Gasteiger partial charge in [-0.05, 0) is 43.5 Å². The Morgan fingerprint density at radius 2 is 1.93 bits per heavy atom. The molecule has 2 atom stereocenters. The Balaban J connectivity index is 1.34. The quantitative estimate of drug-likeness (QED) is 0.383. The summed E-state index contributed by atoms with van der Waals surface area (Å²) in [5.41, 5.74) is 2.52. The first-order chi connectivity index (χ1) is 19.8. The van der Waals surface area contributed by atoms with E-state index in [1.807, 2.05) is 62.1 Å². The average molecular weight is 566 g/mol. The van der Waals surface area contributed by atoms with Gasteiger partial charge in [-0.15, -0.1) is 0 Å². The second-order valence-corrected chi connectivity index (χ2v) is 11.1. The van der Waals surface area contributed by atoms with E-state index in [4.69, 9.17) is 14.2 Å². The molecule has 2 amide bonds. The van der Waals surface area contributed by atoms with Crippen LogP contribution in [0.15, 0.2) is 42.5 Å². The first-order valence-corrected chi connectivity index (χ1v) is 14.6. The van der Waals surface area contributed by atoms with Crippen LogP contribution >= 0.6 is 0 Å². The molecule has 2 saturated heterocycles. The predicted octanol–water partition coefficient (Wildman–Crippen LogP) is 3.56. The number of hydrogen-bond acceptors (Lipinski definition) is 7. The zero-order chi connectivity index (χ0) is 29.4. The van der Waals surface area contributed by atoms with Crippen LogP contribution < -0.4 is 20.1 Å². The fourth-order valence-corrected chi connectivity index (χ4v) is 5.37. The molecule has 2 heterocycles. The van der Waals surface area contributed by atoms with Gasteiger partial charge in [0.05, 0.1) is 39.5 Å². The van der Waals surface area contributed by atoms with E-state index < -0.39 is 6.04 Å². The Morgan fingerprint density at radius 1 is 1.12 bits per heavy atom. The van der Waals surface area contributed by atoms with E-state index in [0.29, 0.717) is 45.0 Å². The number of ketones is 1. The van der Waals surface area contributed by atoms with E-state index in [1.165, 1.54) is 0 Å². The lowest BCUT2D eigenvalue weighted by atomic mass is 9.88. The van der Waals surface area contributed by atoms with E-state index >= 15 is 0 Å². The van der Waals surface area contributed by atoms with Gasteiger partial charge in [0, 0.05) is 54.6 Å². The first-order valence-electron chi connectivity index (χ1n) is 14.6. The topological polar surface area (TPSA) is 106 Å². The minimum atomic E-state index is -0.544. The third kappa shape index (κ3) is 7.86. The molecule has 2 N–H and O–H groups in total. The summed E-state index contributed by atoms with van der Waals surface area (Å²) in [7, 11) is 1.62. The summed E-state index contributed by atoms with van der Waals surface area (Å²) in [6.07, 6.45) is 1.84. The van der Waals surface area contributed by atoms with Crippen molar-refractivity contribution in [1.82, 2.24) is 15.5 Å². The smallest absolute Gasteiger partial charge is 0.251 e. The molecular formula is C32H43N3O6. The lowest BCUT2D eigenvalue weighted by molar-refractivity contribution is -0.132. The molecule has 4 rings (SSSR count). The number of methoxy groups -OCH3 is 1. The fourth-order valence-electron chi connectivity index (χ4n) is 5.37. The molecule has 2 fully saturated rings. The van der Waals surface area contributed by atoms with Crippen LogP contribution in [0.25, 0.3) is 0 Å². The standard InChI is InChI=1S/C32H43N3O6/c1-5-41-28-15-27(39-4)12-11-24(28)16-33-17-29(36)35-13-7-10-25(18-35)22-8-6-9-23(14-22)32(38)34-30(26-19-40-20-26)31(37)21(2)3/h6,8-9,11-12,14-15,21,25-26,30,33H,5,7,10,13,16-20H2,1-4H3,(H,34,38). The summed E-state index contributed by atoms with van der Waals surface area (Å²) < 4.78 is 16.3. The number of Topliss-reactive ketones (excluding diaryl/α,β-unsaturated/α-hetero) is 1. The second kappa shape index (κ2) is 14.5. The zero-order valence-corrected chi connectivity index (χ0v) is 24.6. The third-order valence-electron chi connectivity index (χ3n) is 7.86. The van der Waals surface area contributed by atoms with Crippen LogP contribution in [0.2, 0.25) is 0 Å². The van der Waals surface area contributed by atoms with Gasteiger partial charge < -0.3 is 29.7 Å². The number of nitrogens with zero attached hydrogens (tertiary/aromatic N) is 1. The molecule has 0 bridgehead atoms. The Kier molecular flexibility index (Phi) is 10.8. The highest BCUT2D eigenvalue weighted by molar-refractivity contribution is 5.98. The number of carbonyl (C=O) groups excluding carboxylic acids is 3. The van der Waals surface area contributed by atoms with Crippen LogP contribution in [0.1, 0.15) is 61.0 Å². The summed E-state index contributed by atoms with van der Waals surface area (Å²) in [6.45, 7) is 9.20. The third-order valence-corrected chi connectivity index (χ3v) is 7.86. The van der Waals surface area contributed by atoms with E-state index in [1.54, 1.807) is 13.2 Å². The summed E-state index contributed by atoms with van der Waals surface area (Å²) in [6, 6.07) is 12.7. The maximum Gasteiger partial charge on any atom is 0.251 e. The molecule has 2 aromatic carbocycles. The molecule has 0 saturated carbocycles. The number of rotatable bonds is 13. The van der Waals surface area contributed by atoms with Crippen molar-refractivity contribution >= 4 is 17.6 Å². The number of hydrogen-bond donors (Lipinski definition) is 2. The van der Waals surface area contributed by atoms with Gasteiger partial charge in [0.15, 0.2) is 5.78 Å². The van der Waals surface area contributed by atoms with E-state index in [0.717, 1.165) is 35.5 Å². The van der Waals surface area contributed by atoms with Gasteiger partial charge in [-0.2, -0.15) is 0 Å². The van der Waals surface area contributed by atoms with Crippen LogP contribution in [0.4, 0.5) is 0 Å². The van der Waals surface area contributed by atoms with Crippen molar-refractivity contribution in [3.05, 3.63) is 59.2 Å². The lowest BCUT2D eigenvalue weighted by Crippen LogP contribution is -2.53. The van der Waals surface area contributed by atoms with Gasteiger partial charge in [0.1, 0.15) is 11.5 Å². The fraction of sp³-hybridized carbons (Fsp3) is 0.531. The van der Waals surface area contributed by atoms with E-state index in [9.17, 15) is 14.4 Å². The molecule has 9 heteroatoms. The lowest BCUT2D eigenvalue weighted by Gasteiger charge is -2.34. The summed E-state index contributed by atoms with van der Waals surface area (Å²) in [5, 5.41) is 6.24. The molecule has 2 aliphatic heterocycles. The van der Waals surface area contributed by atoms with Crippen LogP contribution in [-0.2, 0) is 20.9 Å². The van der Waals surface area contributed by atoms with Crippen molar-refractivity contribution in [2.75, 3.05) is 46.6 Å². The number of amides is 2. The minimum Gasteiger partial charge on any atom is -0.497 e. The molecular weight excluding hydrogens is 522 g/mol. The van der Waals surface area contributed by atoms with Crippen molar-refractivity contribution in [3.63, 3.8) is 0 Å². The molecule has 2 unspecified atom stereocenters. The SMILES string of the molecule is CCOc1cc(OC)ccc1CNCC(=O)N1CCCC(c2cccc(C(=O)NC(C(=O)C(C)C)C3COC3)c2)C1. The maximum atomic E-state index is 13.2. The largest absolute Gasteiger partial charge is 0.497 e. The molecule has 0 spiro atoms. The van der Waals surface area contributed by atoms with Gasteiger partial charge in [0.25, 0.3) is 5.91 Å². The number of likely N-dealkylation sites (tertiary alicyclic amines) is 1. The highest BCUT2D eigenvalue weighted by Gasteiger charge is 2.36. The normalized spacial score (nSPS) is 18.0. The van der Waals surface area contributed by atoms with Crippen LogP contribution in [0.3, 0.4) is 0 Å². The maximum absolute atomic E-state index is 13.2. The number of ether oxygens (including phenoxy) is 3. The van der Waals surface area contributed by atoms with E-state index in [2.05, 4.69) is 10.6 Å². The van der Waals surface area contributed by atoms with Crippen LogP contribution in [0.5, 0.6) is 11.5 Å². The number of piperidine rings is 1. The minimum absolute atomic E-state index is 0.0130. The van der Waals surface area contributed by atoms with Crippen molar-refractivity contribution < 1.29 is 28.6 Å². The summed E-state index contributed by atoms with van der Waals surface area (Å²) >= 11 is 0. The number of benzene rings is 2. The Labute approximate surface area is 242 Å². The highest BCUT2D eigenvalue weighted by atomic mass is 16.5. The van der Waals surface area contributed by atoms with Crippen molar-refractivity contribution in [1.29, 1.82) is 0 Å². The molecule has 0 aromatic heterocycles. The van der Waals surface area contributed by atoms with Crippen molar-refractivity contribution in [2.24, 2.45) is 11.8 Å². The van der Waals surface area contributed by atoms with Crippen molar-refractivity contribution in [3.8, 4) is 11.5 Å². The molecule has 0 radical (unpaired) electrons. The van der Waals surface area contributed by atoms with Gasteiger partial charge >= 0.3 is 0 Å². The second-order valence-electron chi connectivity index (χ2n) is 11.1. The van der Waals surface area contributed by atoms with Gasteiger partial charge in [-0.1, -0.05) is 32.0 Å². The molecule has 2 aliphatic rings. The van der Waals surface area contributed by atoms with Gasteiger partial charge in [0.2, 0.25) is 5.91 Å². The molecule has 0 aliphatic carbocycles. The average Bonchev–Trinajstić information content (AvgIpc) is 2.96. The number of nitrogens with one attached hydrogen (secondary N) is 2. The zero-order valence-electron chi connectivity index (χ0n) is 24.6. The Morgan fingerprint density at radius 3 is 2.61 bits per heavy atom. The molecule has 9 nitrogen and oxygen atoms in total. The molecule has 41 heavy (non-hydrogen) atoms. The molecule has 222 valence electrons. The first kappa shape index (κ1) is 30.5. The molecule has 2 aromatic rings. The van der Waals surface area contributed by atoms with E-state index in [-0.39, 0.29) is 41.9 Å². The van der Waals surface area contributed by atoms with Crippen LogP contribution in [0, 0.1) is 11.8 Å². The van der Waals surface area contributed by atoms with Crippen molar-refractivity contribution in [2.45, 2.75) is 52.1 Å². The summed E-state index contributed by atoms with van der Waals surface area (Å²) in [5.74, 6) is 1.28. The van der Waals surface area contributed by atoms with Gasteiger partial charge in [-0.25, -0.2) is 0 Å². The summed E-state index contributed by atoms with van der Waals surface area (Å²) in [4.78, 5) is 40.9. The predicted molar refractivity (Wildman–Crippen MR) is 156 cm³/mol. The van der Waals surface area contributed by atoms with Crippen LogP contribution in [-0.4, -0.2) is 75.1 Å².